The summed E-state index contributed by atoms with van der Waals surface area (Å²) in [5.41, 5.74) is 1.35. The molecule has 0 fully saturated rings. The molecule has 0 saturated heterocycles. The number of nitrogens with zero attached hydrogens (tertiary/aromatic N) is 4. The number of carbonyl (C=O) groups excluding carboxylic acids is 2. The molecule has 0 aliphatic rings. The van der Waals surface area contributed by atoms with E-state index in [4.69, 9.17) is 21.7 Å². The molecule has 0 atom stereocenters. The lowest BCUT2D eigenvalue weighted by atomic mass is 10.2. The molecule has 34 heavy (non-hydrogen) atoms. The summed E-state index contributed by atoms with van der Waals surface area (Å²) >= 11 is 5.67. The third-order valence-electron chi connectivity index (χ3n) is 4.98. The molecule has 2 aromatic carbocycles. The van der Waals surface area contributed by atoms with E-state index in [1.54, 1.807) is 47.7 Å². The fourth-order valence-corrected chi connectivity index (χ4v) is 3.76. The van der Waals surface area contributed by atoms with Gasteiger partial charge in [0, 0.05) is 12.4 Å². The molecular weight excluding hydrogens is 454 g/mol. The van der Waals surface area contributed by atoms with E-state index < -0.39 is 11.9 Å². The number of para-hydroxylation sites is 2. The van der Waals surface area contributed by atoms with Crippen LogP contribution in [0, 0.1) is 4.77 Å². The third kappa shape index (κ3) is 4.62. The summed E-state index contributed by atoms with van der Waals surface area (Å²) in [5, 5.41) is 7.40. The molecule has 4 aromatic rings. The lowest BCUT2D eigenvalue weighted by Crippen LogP contribution is -2.21. The van der Waals surface area contributed by atoms with E-state index in [1.807, 2.05) is 48.8 Å². The molecule has 0 spiro atoms. The van der Waals surface area contributed by atoms with Crippen LogP contribution in [0.4, 0.5) is 5.69 Å². The van der Waals surface area contributed by atoms with Crippen LogP contribution in [-0.2, 0) is 16.1 Å². The van der Waals surface area contributed by atoms with Gasteiger partial charge in [0.2, 0.25) is 10.7 Å². The maximum absolute atomic E-state index is 12.9. The Bertz CT molecular complexity index is 1370. The molecule has 2 aromatic heterocycles. The molecular formula is C24H23N5O4S. The van der Waals surface area contributed by atoms with Crippen LogP contribution in [0.5, 0.6) is 5.75 Å². The molecule has 0 radical (unpaired) electrons. The number of hydrogen-bond donors (Lipinski definition) is 1. The normalized spacial score (nSPS) is 10.6. The Morgan fingerprint density at radius 1 is 1.03 bits per heavy atom. The molecule has 174 valence electrons. The summed E-state index contributed by atoms with van der Waals surface area (Å²) in [6.45, 7) is 1.80. The average molecular weight is 478 g/mol. The van der Waals surface area contributed by atoms with E-state index in [0.29, 0.717) is 22.0 Å². The molecule has 4 rings (SSSR count). The van der Waals surface area contributed by atoms with Gasteiger partial charge in [-0.2, -0.15) is 0 Å². The van der Waals surface area contributed by atoms with Crippen LogP contribution < -0.4 is 10.1 Å². The number of rotatable bonds is 8. The van der Waals surface area contributed by atoms with Gasteiger partial charge in [0.05, 0.1) is 30.5 Å². The summed E-state index contributed by atoms with van der Waals surface area (Å²) in [6.07, 6.45) is 3.66. The Morgan fingerprint density at radius 3 is 2.47 bits per heavy atom. The lowest BCUT2D eigenvalue weighted by Gasteiger charge is -2.10. The van der Waals surface area contributed by atoms with Gasteiger partial charge in [0.15, 0.2) is 5.82 Å². The maximum atomic E-state index is 12.9. The van der Waals surface area contributed by atoms with Crippen LogP contribution in [0.25, 0.3) is 11.4 Å². The van der Waals surface area contributed by atoms with Crippen LogP contribution in [0.3, 0.4) is 0 Å². The van der Waals surface area contributed by atoms with E-state index in [2.05, 4.69) is 10.4 Å². The second kappa shape index (κ2) is 10.2. The van der Waals surface area contributed by atoms with Crippen molar-refractivity contribution in [1.82, 2.24) is 19.1 Å². The van der Waals surface area contributed by atoms with Gasteiger partial charge in [0.25, 0.3) is 0 Å². The highest BCUT2D eigenvalue weighted by Crippen LogP contribution is 2.29. The molecule has 9 nitrogen and oxygen atoms in total. The van der Waals surface area contributed by atoms with Crippen molar-refractivity contribution in [2.75, 3.05) is 19.0 Å². The van der Waals surface area contributed by atoms with Gasteiger partial charge >= 0.3 is 5.97 Å². The monoisotopic (exact) mass is 477 g/mol. The second-order valence-electron chi connectivity index (χ2n) is 7.15. The van der Waals surface area contributed by atoms with Gasteiger partial charge in [-0.25, -0.2) is 14.2 Å². The Balaban J connectivity index is 1.68. The van der Waals surface area contributed by atoms with E-state index in [0.717, 1.165) is 5.56 Å². The van der Waals surface area contributed by atoms with Crippen LogP contribution in [-0.4, -0.2) is 44.7 Å². The van der Waals surface area contributed by atoms with Crippen molar-refractivity contribution in [1.29, 1.82) is 0 Å². The number of nitrogens with one attached hydrogen (secondary N) is 1. The zero-order valence-electron chi connectivity index (χ0n) is 18.7. The second-order valence-corrected chi connectivity index (χ2v) is 7.52. The summed E-state index contributed by atoms with van der Waals surface area (Å²) in [4.78, 5) is 25.2. The van der Waals surface area contributed by atoms with Crippen molar-refractivity contribution in [3.63, 3.8) is 0 Å². The van der Waals surface area contributed by atoms with Gasteiger partial charge in [-0.15, -0.1) is 5.10 Å². The summed E-state index contributed by atoms with van der Waals surface area (Å²) < 4.78 is 15.8. The van der Waals surface area contributed by atoms with Crippen molar-refractivity contribution < 1.29 is 19.1 Å². The number of hydrogen-bond acceptors (Lipinski definition) is 6. The first-order valence-electron chi connectivity index (χ1n) is 10.6. The number of ether oxygens (including phenoxy) is 2. The van der Waals surface area contributed by atoms with Crippen LogP contribution in [0.15, 0.2) is 73.1 Å². The molecule has 10 heteroatoms. The van der Waals surface area contributed by atoms with Crippen LogP contribution in [0.2, 0.25) is 0 Å². The minimum absolute atomic E-state index is 0.160. The van der Waals surface area contributed by atoms with Gasteiger partial charge in [0.1, 0.15) is 12.3 Å². The van der Waals surface area contributed by atoms with Gasteiger partial charge < -0.3 is 14.8 Å². The molecule has 0 bridgehead atoms. The number of benzene rings is 2. The first-order valence-corrected chi connectivity index (χ1v) is 11.0. The molecule has 0 unspecified atom stereocenters. The molecule has 0 aliphatic heterocycles. The van der Waals surface area contributed by atoms with Gasteiger partial charge in [-0.1, -0.05) is 24.3 Å². The highest BCUT2D eigenvalue weighted by molar-refractivity contribution is 7.71. The minimum atomic E-state index is -0.509. The maximum Gasteiger partial charge on any atom is 0.340 e. The SMILES string of the molecule is CCOC(=O)c1ccccc1NC(=O)Cn1nc(-c2ccccc2OC)n(-n2cccc2)c1=S. The Kier molecular flexibility index (Phi) is 6.88. The summed E-state index contributed by atoms with van der Waals surface area (Å²) in [6, 6.07) is 17.8. The standard InChI is InChI=1S/C24H23N5O4S/c1-3-33-23(31)17-10-4-6-12-19(17)25-21(30)16-28-24(34)29(27-14-8-9-15-27)22(26-28)18-11-5-7-13-20(18)32-2/h4-15H,3,16H2,1-2H3,(H,25,30). The first kappa shape index (κ1) is 23.0. The largest absolute Gasteiger partial charge is 0.496 e. The zero-order chi connectivity index (χ0) is 24.1. The summed E-state index contributed by atoms with van der Waals surface area (Å²) in [7, 11) is 1.58. The molecule has 0 saturated carbocycles. The molecule has 0 aliphatic carbocycles. The first-order chi connectivity index (χ1) is 16.5. The fourth-order valence-electron chi connectivity index (χ4n) is 3.47. The number of methoxy groups -OCH3 is 1. The average Bonchev–Trinajstić information content (AvgIpc) is 3.47. The third-order valence-corrected chi connectivity index (χ3v) is 5.36. The minimum Gasteiger partial charge on any atom is -0.496 e. The topological polar surface area (TPSA) is 92.3 Å². The quantitative estimate of drug-likeness (QED) is 0.304. The number of amides is 1. The van der Waals surface area contributed by atoms with Crippen molar-refractivity contribution >= 4 is 29.8 Å². The van der Waals surface area contributed by atoms with Crippen LogP contribution >= 0.6 is 12.2 Å². The highest BCUT2D eigenvalue weighted by Gasteiger charge is 2.20. The molecule has 1 N–H and O–H groups in total. The van der Waals surface area contributed by atoms with Crippen LogP contribution in [0.1, 0.15) is 17.3 Å². The van der Waals surface area contributed by atoms with Gasteiger partial charge in [-0.05, 0) is 55.5 Å². The zero-order valence-corrected chi connectivity index (χ0v) is 19.5. The van der Waals surface area contributed by atoms with Crippen molar-refractivity contribution in [3.8, 4) is 17.1 Å². The fraction of sp³-hybridized carbons (Fsp3) is 0.167. The predicted molar refractivity (Wildman–Crippen MR) is 129 cm³/mol. The summed E-state index contributed by atoms with van der Waals surface area (Å²) in [5.74, 6) is 0.233. The molecule has 2 heterocycles. The number of aromatic nitrogens is 4. The highest BCUT2D eigenvalue weighted by atomic mass is 32.1. The predicted octanol–water partition coefficient (Wildman–Crippen LogP) is 4.02. The van der Waals surface area contributed by atoms with Crippen molar-refractivity contribution in [3.05, 3.63) is 83.4 Å². The van der Waals surface area contributed by atoms with E-state index >= 15 is 0 Å². The number of carbonyl (C=O) groups is 2. The Morgan fingerprint density at radius 2 is 1.74 bits per heavy atom. The van der Waals surface area contributed by atoms with E-state index in [-0.39, 0.29) is 18.7 Å². The Labute approximate surface area is 201 Å². The van der Waals surface area contributed by atoms with E-state index in [1.165, 1.54) is 4.68 Å². The lowest BCUT2D eigenvalue weighted by molar-refractivity contribution is -0.116. The number of anilines is 1. The van der Waals surface area contributed by atoms with Crippen molar-refractivity contribution in [2.45, 2.75) is 13.5 Å². The van der Waals surface area contributed by atoms with Gasteiger partial charge in [-0.3, -0.25) is 9.47 Å². The van der Waals surface area contributed by atoms with E-state index in [9.17, 15) is 9.59 Å². The van der Waals surface area contributed by atoms with Crippen molar-refractivity contribution in [2.24, 2.45) is 0 Å². The Hall–Kier alpha value is -4.18. The smallest absolute Gasteiger partial charge is 0.340 e. The molecule has 1 amide bonds. The number of esters is 1.